The van der Waals surface area contributed by atoms with Crippen LogP contribution in [0.3, 0.4) is 0 Å². The Morgan fingerprint density at radius 3 is 3.09 bits per heavy atom. The second-order valence-electron chi connectivity index (χ2n) is 5.85. The van der Waals surface area contributed by atoms with Gasteiger partial charge in [-0.3, -0.25) is 0 Å². The van der Waals surface area contributed by atoms with Crippen molar-refractivity contribution in [3.63, 3.8) is 0 Å². The third-order valence-electron chi connectivity index (χ3n) is 4.35. The predicted octanol–water partition coefficient (Wildman–Crippen LogP) is 3.08. The monoisotopic (exact) mass is 297 g/mol. The molecule has 1 atom stereocenters. The van der Waals surface area contributed by atoms with E-state index in [0.29, 0.717) is 18.4 Å². The quantitative estimate of drug-likeness (QED) is 0.742. The first-order chi connectivity index (χ1) is 10.8. The van der Waals surface area contributed by atoms with Crippen molar-refractivity contribution in [2.75, 3.05) is 13.2 Å². The Bertz CT molecular complexity index is 784. The van der Waals surface area contributed by atoms with Crippen LogP contribution in [0, 0.1) is 6.92 Å². The molecule has 22 heavy (non-hydrogen) atoms. The summed E-state index contributed by atoms with van der Waals surface area (Å²) in [6.07, 6.45) is 1.74. The highest BCUT2D eigenvalue weighted by Crippen LogP contribution is 2.23. The van der Waals surface area contributed by atoms with E-state index in [0.717, 1.165) is 31.8 Å². The Hall–Kier alpha value is -2.14. The molecule has 1 saturated heterocycles. The Labute approximate surface area is 128 Å². The SMILES string of the molecule is Cc1cc2ccccc2n1CCc1nc(C2CCOC2)no1. The molecule has 114 valence electrons. The molecule has 0 spiro atoms. The lowest BCUT2D eigenvalue weighted by atomic mass is 10.1. The summed E-state index contributed by atoms with van der Waals surface area (Å²) in [5.74, 6) is 1.80. The van der Waals surface area contributed by atoms with Gasteiger partial charge < -0.3 is 13.8 Å². The van der Waals surface area contributed by atoms with E-state index in [1.807, 2.05) is 0 Å². The molecule has 1 aliphatic heterocycles. The summed E-state index contributed by atoms with van der Waals surface area (Å²) in [5, 5.41) is 5.38. The van der Waals surface area contributed by atoms with Crippen LogP contribution in [0.25, 0.3) is 10.9 Å². The van der Waals surface area contributed by atoms with Crippen LogP contribution in [0.2, 0.25) is 0 Å². The number of aryl methyl sites for hydroxylation is 3. The zero-order valence-electron chi connectivity index (χ0n) is 12.7. The van der Waals surface area contributed by atoms with Crippen LogP contribution in [0.1, 0.15) is 29.7 Å². The topological polar surface area (TPSA) is 53.1 Å². The van der Waals surface area contributed by atoms with Crippen LogP contribution in [0.5, 0.6) is 0 Å². The highest BCUT2D eigenvalue weighted by atomic mass is 16.5. The van der Waals surface area contributed by atoms with Gasteiger partial charge in [-0.15, -0.1) is 0 Å². The Balaban J connectivity index is 1.51. The van der Waals surface area contributed by atoms with Gasteiger partial charge in [0.2, 0.25) is 5.89 Å². The number of rotatable bonds is 4. The largest absolute Gasteiger partial charge is 0.381 e. The van der Waals surface area contributed by atoms with Crippen molar-refractivity contribution in [1.82, 2.24) is 14.7 Å². The van der Waals surface area contributed by atoms with Gasteiger partial charge in [-0.25, -0.2) is 0 Å². The minimum Gasteiger partial charge on any atom is -0.381 e. The molecule has 1 aromatic carbocycles. The number of nitrogens with zero attached hydrogens (tertiary/aromatic N) is 3. The Morgan fingerprint density at radius 2 is 2.23 bits per heavy atom. The van der Waals surface area contributed by atoms with E-state index < -0.39 is 0 Å². The smallest absolute Gasteiger partial charge is 0.228 e. The fraction of sp³-hybridized carbons (Fsp3) is 0.412. The molecule has 5 nitrogen and oxygen atoms in total. The Morgan fingerprint density at radius 1 is 1.32 bits per heavy atom. The molecule has 0 aliphatic carbocycles. The minimum atomic E-state index is 0.298. The molecule has 3 aromatic rings. The highest BCUT2D eigenvalue weighted by molar-refractivity contribution is 5.81. The molecule has 2 aromatic heterocycles. The number of ether oxygens (including phenoxy) is 1. The molecule has 0 amide bonds. The lowest BCUT2D eigenvalue weighted by molar-refractivity contribution is 0.192. The number of aromatic nitrogens is 3. The zero-order valence-corrected chi connectivity index (χ0v) is 12.7. The zero-order chi connectivity index (χ0) is 14.9. The van der Waals surface area contributed by atoms with Crippen molar-refractivity contribution >= 4 is 10.9 Å². The molecule has 1 unspecified atom stereocenters. The van der Waals surface area contributed by atoms with E-state index in [4.69, 9.17) is 9.26 Å². The van der Waals surface area contributed by atoms with Gasteiger partial charge in [0, 0.05) is 36.7 Å². The van der Waals surface area contributed by atoms with E-state index >= 15 is 0 Å². The Kier molecular flexibility index (Phi) is 3.42. The first-order valence-corrected chi connectivity index (χ1v) is 7.76. The summed E-state index contributed by atoms with van der Waals surface area (Å²) < 4.78 is 13.1. The van der Waals surface area contributed by atoms with Gasteiger partial charge in [0.1, 0.15) is 0 Å². The summed E-state index contributed by atoms with van der Waals surface area (Å²) in [5.41, 5.74) is 2.51. The molecular weight excluding hydrogens is 278 g/mol. The van der Waals surface area contributed by atoms with E-state index in [1.54, 1.807) is 0 Å². The van der Waals surface area contributed by atoms with Gasteiger partial charge in [-0.2, -0.15) is 4.98 Å². The molecule has 0 saturated carbocycles. The summed E-state index contributed by atoms with van der Waals surface area (Å²) >= 11 is 0. The van der Waals surface area contributed by atoms with Crippen molar-refractivity contribution in [3.8, 4) is 0 Å². The third kappa shape index (κ3) is 2.41. The normalized spacial score (nSPS) is 18.3. The molecule has 0 N–H and O–H groups in total. The lowest BCUT2D eigenvalue weighted by Gasteiger charge is -2.06. The first kappa shape index (κ1) is 13.5. The summed E-state index contributed by atoms with van der Waals surface area (Å²) in [4.78, 5) is 4.53. The van der Waals surface area contributed by atoms with Gasteiger partial charge in [0.05, 0.1) is 6.61 Å². The van der Waals surface area contributed by atoms with Crippen LogP contribution >= 0.6 is 0 Å². The van der Waals surface area contributed by atoms with Gasteiger partial charge >= 0.3 is 0 Å². The molecule has 1 aliphatic rings. The van der Waals surface area contributed by atoms with Crippen molar-refractivity contribution in [2.45, 2.75) is 32.2 Å². The van der Waals surface area contributed by atoms with Crippen LogP contribution < -0.4 is 0 Å². The molecule has 1 fully saturated rings. The predicted molar refractivity (Wildman–Crippen MR) is 82.9 cm³/mol. The van der Waals surface area contributed by atoms with Gasteiger partial charge in [0.25, 0.3) is 0 Å². The van der Waals surface area contributed by atoms with Gasteiger partial charge in [-0.1, -0.05) is 23.4 Å². The first-order valence-electron chi connectivity index (χ1n) is 7.76. The molecule has 5 heteroatoms. The molecule has 3 heterocycles. The summed E-state index contributed by atoms with van der Waals surface area (Å²) in [7, 11) is 0. The molecule has 0 bridgehead atoms. The highest BCUT2D eigenvalue weighted by Gasteiger charge is 2.23. The number of hydrogen-bond donors (Lipinski definition) is 0. The maximum Gasteiger partial charge on any atom is 0.228 e. The second-order valence-corrected chi connectivity index (χ2v) is 5.85. The third-order valence-corrected chi connectivity index (χ3v) is 4.35. The standard InChI is InChI=1S/C17H19N3O2/c1-12-10-13-4-2-3-5-15(13)20(12)8-6-16-18-17(19-22-16)14-7-9-21-11-14/h2-5,10,14H,6-9,11H2,1H3. The fourth-order valence-corrected chi connectivity index (χ4v) is 3.13. The van der Waals surface area contributed by atoms with Crippen LogP contribution in [-0.2, 0) is 17.7 Å². The molecular formula is C17H19N3O2. The van der Waals surface area contributed by atoms with Crippen molar-refractivity contribution < 1.29 is 9.26 Å². The minimum absolute atomic E-state index is 0.298. The van der Waals surface area contributed by atoms with Gasteiger partial charge in [0.15, 0.2) is 5.82 Å². The number of hydrogen-bond acceptors (Lipinski definition) is 4. The lowest BCUT2D eigenvalue weighted by Crippen LogP contribution is -2.04. The average Bonchev–Trinajstić information content (AvgIpc) is 3.24. The van der Waals surface area contributed by atoms with Crippen molar-refractivity contribution in [3.05, 3.63) is 47.7 Å². The average molecular weight is 297 g/mol. The van der Waals surface area contributed by atoms with E-state index in [2.05, 4.69) is 52.0 Å². The van der Waals surface area contributed by atoms with E-state index in [1.165, 1.54) is 16.6 Å². The van der Waals surface area contributed by atoms with Crippen molar-refractivity contribution in [1.29, 1.82) is 0 Å². The molecule has 0 radical (unpaired) electrons. The van der Waals surface area contributed by atoms with Gasteiger partial charge in [-0.05, 0) is 30.9 Å². The number of para-hydroxylation sites is 1. The maximum atomic E-state index is 5.40. The van der Waals surface area contributed by atoms with E-state index in [-0.39, 0.29) is 0 Å². The summed E-state index contributed by atoms with van der Waals surface area (Å²) in [6.45, 7) is 4.49. The fourth-order valence-electron chi connectivity index (χ4n) is 3.13. The molecule has 4 rings (SSSR count). The van der Waals surface area contributed by atoms with Crippen LogP contribution in [0.15, 0.2) is 34.9 Å². The van der Waals surface area contributed by atoms with Crippen LogP contribution in [0.4, 0.5) is 0 Å². The number of benzene rings is 1. The second kappa shape index (κ2) is 5.57. The van der Waals surface area contributed by atoms with Crippen LogP contribution in [-0.4, -0.2) is 27.9 Å². The summed E-state index contributed by atoms with van der Waals surface area (Å²) in [6, 6.07) is 10.6. The number of fused-ring (bicyclic) bond motifs is 1. The van der Waals surface area contributed by atoms with E-state index in [9.17, 15) is 0 Å². The maximum absolute atomic E-state index is 5.40. The van der Waals surface area contributed by atoms with Crippen molar-refractivity contribution in [2.24, 2.45) is 0 Å².